The number of hydrogen-bond acceptors (Lipinski definition) is 6. The topological polar surface area (TPSA) is 101 Å². The summed E-state index contributed by atoms with van der Waals surface area (Å²) in [6.07, 6.45) is 3.62. The summed E-state index contributed by atoms with van der Waals surface area (Å²) in [6.45, 7) is 2.05. The van der Waals surface area contributed by atoms with Crippen molar-refractivity contribution in [3.05, 3.63) is 35.5 Å². The number of carbonyl (C=O) groups is 2. The Balaban J connectivity index is 0.00000196. The molecule has 3 rings (SSSR count). The Morgan fingerprint density at radius 1 is 1.32 bits per heavy atom. The van der Waals surface area contributed by atoms with Crippen molar-refractivity contribution in [3.63, 3.8) is 0 Å². The molecule has 1 unspecified atom stereocenters. The molecule has 0 saturated carbocycles. The normalized spacial score (nSPS) is 15.9. The third kappa shape index (κ3) is 6.41. The zero-order valence-corrected chi connectivity index (χ0v) is 17.8. The Morgan fingerprint density at radius 2 is 2.14 bits per heavy atom. The van der Waals surface area contributed by atoms with Gasteiger partial charge in [-0.1, -0.05) is 6.07 Å². The second kappa shape index (κ2) is 12.0. The Kier molecular flexibility index (Phi) is 10.4. The fourth-order valence-electron chi connectivity index (χ4n) is 3.02. The lowest BCUT2D eigenvalue weighted by atomic mass is 9.96. The molecule has 28 heavy (non-hydrogen) atoms. The van der Waals surface area contributed by atoms with Crippen molar-refractivity contribution in [3.8, 4) is 10.7 Å². The molecule has 1 saturated heterocycles. The van der Waals surface area contributed by atoms with Gasteiger partial charge in [0.25, 0.3) is 0 Å². The number of hydrogen-bond donors (Lipinski definition) is 2. The maximum absolute atomic E-state index is 12.6. The number of pyridine rings is 1. The van der Waals surface area contributed by atoms with E-state index in [9.17, 15) is 9.59 Å². The second-order valence-corrected chi connectivity index (χ2v) is 7.15. The third-order valence-electron chi connectivity index (χ3n) is 4.36. The highest BCUT2D eigenvalue weighted by Gasteiger charge is 2.28. The van der Waals surface area contributed by atoms with Crippen LogP contribution in [0, 0.1) is 5.92 Å². The van der Waals surface area contributed by atoms with Crippen LogP contribution < -0.4 is 11.1 Å². The number of likely N-dealkylation sites (tertiary alicyclic amines) is 1. The lowest BCUT2D eigenvalue weighted by Gasteiger charge is -2.32. The number of nitrogens with two attached hydrogens (primary N) is 1. The van der Waals surface area contributed by atoms with Gasteiger partial charge in [-0.2, -0.15) is 0 Å². The quantitative estimate of drug-likeness (QED) is 0.706. The van der Waals surface area contributed by atoms with Gasteiger partial charge in [0.1, 0.15) is 5.01 Å². The van der Waals surface area contributed by atoms with Crippen LogP contribution in [-0.4, -0.2) is 52.9 Å². The van der Waals surface area contributed by atoms with Crippen LogP contribution in [-0.2, 0) is 16.0 Å². The molecule has 2 aromatic heterocycles. The summed E-state index contributed by atoms with van der Waals surface area (Å²) in [5, 5.41) is 5.52. The zero-order chi connectivity index (χ0) is 18.4. The van der Waals surface area contributed by atoms with Crippen molar-refractivity contribution in [1.29, 1.82) is 0 Å². The summed E-state index contributed by atoms with van der Waals surface area (Å²) in [5.74, 6) is -0.156. The van der Waals surface area contributed by atoms with E-state index in [1.54, 1.807) is 11.1 Å². The molecule has 0 spiro atoms. The first-order valence-corrected chi connectivity index (χ1v) is 9.66. The number of rotatable bonds is 6. The summed E-state index contributed by atoms with van der Waals surface area (Å²) in [6, 6.07) is 5.68. The average Bonchev–Trinajstić information content (AvgIpc) is 3.15. The molecule has 1 atom stereocenters. The van der Waals surface area contributed by atoms with Crippen LogP contribution >= 0.6 is 36.2 Å². The number of nitrogens with one attached hydrogen (secondary N) is 1. The van der Waals surface area contributed by atoms with E-state index in [0.29, 0.717) is 26.2 Å². The molecule has 1 aliphatic heterocycles. The minimum Gasteiger partial charge on any atom is -0.355 e. The summed E-state index contributed by atoms with van der Waals surface area (Å²) >= 11 is 1.49. The number of piperidine rings is 1. The number of amides is 2. The maximum atomic E-state index is 12.6. The SMILES string of the molecule is Cl.Cl.NCCNC(=O)C1CCCN(C(=O)Cc2csc(-c3ccccn3)n2)C1. The van der Waals surface area contributed by atoms with Crippen molar-refractivity contribution in [2.24, 2.45) is 11.7 Å². The minimum absolute atomic E-state index is 0. The molecule has 7 nitrogen and oxygen atoms in total. The number of nitrogens with zero attached hydrogens (tertiary/aromatic N) is 3. The molecule has 154 valence electrons. The van der Waals surface area contributed by atoms with E-state index in [1.165, 1.54) is 11.3 Å². The monoisotopic (exact) mass is 445 g/mol. The van der Waals surface area contributed by atoms with Gasteiger partial charge in [-0.15, -0.1) is 36.2 Å². The van der Waals surface area contributed by atoms with Crippen LogP contribution in [0.2, 0.25) is 0 Å². The molecule has 0 radical (unpaired) electrons. The lowest BCUT2D eigenvalue weighted by Crippen LogP contribution is -2.46. The molecule has 1 fully saturated rings. The third-order valence-corrected chi connectivity index (χ3v) is 5.27. The van der Waals surface area contributed by atoms with Crippen LogP contribution in [0.3, 0.4) is 0 Å². The van der Waals surface area contributed by atoms with Gasteiger partial charge in [0.05, 0.1) is 23.7 Å². The van der Waals surface area contributed by atoms with Gasteiger partial charge < -0.3 is 16.0 Å². The number of carbonyl (C=O) groups excluding carboxylic acids is 2. The smallest absolute Gasteiger partial charge is 0.228 e. The molecule has 10 heteroatoms. The second-order valence-electron chi connectivity index (χ2n) is 6.29. The number of aromatic nitrogens is 2. The van der Waals surface area contributed by atoms with Gasteiger partial charge in [-0.3, -0.25) is 14.6 Å². The first kappa shape index (κ1) is 24.3. The van der Waals surface area contributed by atoms with Gasteiger partial charge in [0.2, 0.25) is 11.8 Å². The van der Waals surface area contributed by atoms with Gasteiger partial charge in [0, 0.05) is 37.8 Å². The molecular formula is C18H25Cl2N5O2S. The maximum Gasteiger partial charge on any atom is 0.228 e. The summed E-state index contributed by atoms with van der Waals surface area (Å²) in [4.78, 5) is 35.3. The predicted octanol–water partition coefficient (Wildman–Crippen LogP) is 1.90. The molecule has 0 aromatic carbocycles. The van der Waals surface area contributed by atoms with Crippen LogP contribution in [0.4, 0.5) is 0 Å². The van der Waals surface area contributed by atoms with Crippen LogP contribution in [0.1, 0.15) is 18.5 Å². The zero-order valence-electron chi connectivity index (χ0n) is 15.4. The predicted molar refractivity (Wildman–Crippen MR) is 115 cm³/mol. The molecule has 3 N–H and O–H groups in total. The van der Waals surface area contributed by atoms with E-state index in [4.69, 9.17) is 5.73 Å². The van der Waals surface area contributed by atoms with E-state index >= 15 is 0 Å². The number of thiazole rings is 1. The highest BCUT2D eigenvalue weighted by atomic mass is 35.5. The van der Waals surface area contributed by atoms with Gasteiger partial charge in [0.15, 0.2) is 0 Å². The Hall–Kier alpha value is -1.74. The minimum atomic E-state index is -0.154. The number of halogens is 2. The van der Waals surface area contributed by atoms with E-state index in [1.807, 2.05) is 23.6 Å². The largest absolute Gasteiger partial charge is 0.355 e. The highest BCUT2D eigenvalue weighted by molar-refractivity contribution is 7.13. The molecule has 3 heterocycles. The Bertz CT molecular complexity index is 759. The Labute approximate surface area is 180 Å². The standard InChI is InChI=1S/C18H23N5O2S.2ClH/c19-6-8-21-17(25)13-4-3-9-23(11-13)16(24)10-14-12-26-18(22-14)15-5-1-2-7-20-15;;/h1-2,5,7,12-13H,3-4,6,8-11,19H2,(H,21,25);2*1H. The average molecular weight is 446 g/mol. The molecule has 2 aromatic rings. The van der Waals surface area contributed by atoms with E-state index < -0.39 is 0 Å². The van der Waals surface area contributed by atoms with Crippen molar-refractivity contribution in [2.75, 3.05) is 26.2 Å². The van der Waals surface area contributed by atoms with Crippen LogP contribution in [0.15, 0.2) is 29.8 Å². The molecule has 1 aliphatic rings. The summed E-state index contributed by atoms with van der Waals surface area (Å²) in [7, 11) is 0. The van der Waals surface area contributed by atoms with Gasteiger partial charge in [-0.25, -0.2) is 4.98 Å². The summed E-state index contributed by atoms with van der Waals surface area (Å²) < 4.78 is 0. The first-order valence-electron chi connectivity index (χ1n) is 8.78. The fraction of sp³-hybridized carbons (Fsp3) is 0.444. The van der Waals surface area contributed by atoms with Gasteiger partial charge >= 0.3 is 0 Å². The Morgan fingerprint density at radius 3 is 2.86 bits per heavy atom. The molecule has 0 bridgehead atoms. The summed E-state index contributed by atoms with van der Waals surface area (Å²) in [5.41, 5.74) is 6.98. The van der Waals surface area contributed by atoms with Crippen LogP contribution in [0.25, 0.3) is 10.7 Å². The van der Waals surface area contributed by atoms with Crippen molar-refractivity contribution >= 4 is 48.0 Å². The van der Waals surface area contributed by atoms with E-state index in [2.05, 4.69) is 15.3 Å². The first-order chi connectivity index (χ1) is 12.7. The fourth-order valence-corrected chi connectivity index (χ4v) is 3.81. The van der Waals surface area contributed by atoms with Crippen molar-refractivity contribution in [2.45, 2.75) is 19.3 Å². The van der Waals surface area contributed by atoms with Gasteiger partial charge in [-0.05, 0) is 25.0 Å². The highest BCUT2D eigenvalue weighted by Crippen LogP contribution is 2.23. The molecule has 2 amide bonds. The molecule has 0 aliphatic carbocycles. The van der Waals surface area contributed by atoms with Crippen molar-refractivity contribution in [1.82, 2.24) is 20.2 Å². The molecular weight excluding hydrogens is 421 g/mol. The van der Waals surface area contributed by atoms with Crippen LogP contribution in [0.5, 0.6) is 0 Å². The lowest BCUT2D eigenvalue weighted by molar-refractivity contribution is -0.135. The van der Waals surface area contributed by atoms with Crippen molar-refractivity contribution < 1.29 is 9.59 Å². The van der Waals surface area contributed by atoms with E-state index in [-0.39, 0.29) is 49.0 Å². The van der Waals surface area contributed by atoms with E-state index in [0.717, 1.165) is 29.2 Å².